The van der Waals surface area contributed by atoms with E-state index in [4.69, 9.17) is 0 Å². The van der Waals surface area contributed by atoms with Crippen LogP contribution in [0.1, 0.15) is 40.9 Å². The number of hydrogen-bond donors (Lipinski definition) is 1. The number of aliphatic hydroxyl groups excluding tert-OH is 1. The van der Waals surface area contributed by atoms with Gasteiger partial charge in [-0.3, -0.25) is 9.78 Å². The Bertz CT molecular complexity index is 1120. The topological polar surface area (TPSA) is 53.4 Å². The van der Waals surface area contributed by atoms with E-state index in [0.29, 0.717) is 16.5 Å². The van der Waals surface area contributed by atoms with E-state index in [1.165, 1.54) is 17.7 Å². The zero-order valence-electron chi connectivity index (χ0n) is 17.0. The van der Waals surface area contributed by atoms with Crippen LogP contribution in [0, 0.1) is 18.2 Å². The highest BCUT2D eigenvalue weighted by molar-refractivity contribution is 6.06. The lowest BCUT2D eigenvalue weighted by atomic mass is 9.70. The Morgan fingerprint density at radius 1 is 1.20 bits per heavy atom. The lowest BCUT2D eigenvalue weighted by Gasteiger charge is -2.36. The molecule has 1 aromatic heterocycles. The van der Waals surface area contributed by atoms with E-state index in [1.54, 1.807) is 12.1 Å². The van der Waals surface area contributed by atoms with Crippen LogP contribution in [0.2, 0.25) is 0 Å². The van der Waals surface area contributed by atoms with Crippen molar-refractivity contribution < 1.29 is 14.3 Å². The smallest absolute Gasteiger partial charge is 0.255 e. The number of hydrogen-bond acceptors (Lipinski definition) is 3. The van der Waals surface area contributed by atoms with E-state index in [-0.39, 0.29) is 35.8 Å². The van der Waals surface area contributed by atoms with Crippen LogP contribution in [-0.2, 0) is 6.42 Å². The lowest BCUT2D eigenvalue weighted by Crippen LogP contribution is -2.44. The van der Waals surface area contributed by atoms with Gasteiger partial charge in [0.2, 0.25) is 0 Å². The summed E-state index contributed by atoms with van der Waals surface area (Å²) in [4.78, 5) is 20.2. The summed E-state index contributed by atoms with van der Waals surface area (Å²) in [6.45, 7) is 1.91. The first-order valence-electron chi connectivity index (χ1n) is 10.6. The van der Waals surface area contributed by atoms with E-state index in [1.807, 2.05) is 30.0 Å². The number of aryl methyl sites for hydroxylation is 1. The molecule has 3 atom stereocenters. The van der Waals surface area contributed by atoms with Gasteiger partial charge in [0.15, 0.2) is 0 Å². The predicted molar refractivity (Wildman–Crippen MR) is 114 cm³/mol. The maximum Gasteiger partial charge on any atom is 0.255 e. The van der Waals surface area contributed by atoms with Crippen molar-refractivity contribution >= 4 is 16.8 Å². The van der Waals surface area contributed by atoms with Crippen LogP contribution in [0.3, 0.4) is 0 Å². The Morgan fingerprint density at radius 2 is 2.00 bits per heavy atom. The number of rotatable bonds is 4. The third kappa shape index (κ3) is 3.00. The fraction of sp³-hybridized carbons (Fsp3) is 0.360. The summed E-state index contributed by atoms with van der Waals surface area (Å²) < 4.78 is 14.0. The molecule has 2 saturated heterocycles. The third-order valence-corrected chi connectivity index (χ3v) is 6.93. The van der Waals surface area contributed by atoms with E-state index in [0.717, 1.165) is 31.4 Å². The molecule has 2 fully saturated rings. The maximum absolute atomic E-state index is 14.0. The molecule has 4 nitrogen and oxygen atoms in total. The zero-order valence-corrected chi connectivity index (χ0v) is 17.0. The number of halogens is 1. The number of pyridine rings is 1. The maximum atomic E-state index is 14.0. The monoisotopic (exact) mass is 404 g/mol. The number of carbonyl (C=O) groups excluding carboxylic acids is 1. The summed E-state index contributed by atoms with van der Waals surface area (Å²) in [5, 5.41) is 11.0. The van der Waals surface area contributed by atoms with Gasteiger partial charge in [-0.05, 0) is 62.4 Å². The molecule has 5 rings (SSSR count). The number of benzene rings is 2. The summed E-state index contributed by atoms with van der Waals surface area (Å²) in [6, 6.07) is 16.4. The van der Waals surface area contributed by atoms with Crippen molar-refractivity contribution in [1.82, 2.24) is 9.88 Å². The Labute approximate surface area is 175 Å². The molecule has 0 spiro atoms. The van der Waals surface area contributed by atoms with Gasteiger partial charge in [0.05, 0.1) is 17.7 Å². The van der Waals surface area contributed by atoms with Crippen LogP contribution in [0.4, 0.5) is 4.39 Å². The predicted octanol–water partition coefficient (Wildman–Crippen LogP) is 4.28. The molecule has 3 aromatic rings. The van der Waals surface area contributed by atoms with Crippen LogP contribution >= 0.6 is 0 Å². The minimum atomic E-state index is -0.375. The molecule has 3 heterocycles. The quantitative estimate of drug-likeness (QED) is 0.706. The summed E-state index contributed by atoms with van der Waals surface area (Å²) in [5.41, 5.74) is 2.72. The second-order valence-corrected chi connectivity index (χ2v) is 8.82. The second-order valence-electron chi connectivity index (χ2n) is 8.82. The Hall–Kier alpha value is -2.79. The molecule has 0 unspecified atom stereocenters. The standard InChI is InChI=1S/C25H25FN2O2/c1-16-11-21(20-12-18(26)7-9-22(20)27-16)24(30)28-19-8-10-23(28)25(14-19,15-29)13-17-5-3-2-4-6-17/h2-7,9,11-12,19,23,29H,8,10,13-15H2,1H3/t19-,23+,25-/m0/s1. The number of fused-ring (bicyclic) bond motifs is 3. The molecule has 30 heavy (non-hydrogen) atoms. The molecule has 2 bridgehead atoms. The molecular formula is C25H25FN2O2. The highest BCUT2D eigenvalue weighted by atomic mass is 19.1. The Balaban J connectivity index is 1.53. The minimum absolute atomic E-state index is 0.0164. The Morgan fingerprint density at radius 3 is 2.77 bits per heavy atom. The molecule has 1 amide bonds. The van der Waals surface area contributed by atoms with E-state index in [9.17, 15) is 14.3 Å². The van der Waals surface area contributed by atoms with Crippen LogP contribution in [0.15, 0.2) is 54.6 Å². The molecule has 154 valence electrons. The average molecular weight is 404 g/mol. The first-order valence-corrected chi connectivity index (χ1v) is 10.6. The zero-order chi connectivity index (χ0) is 20.9. The van der Waals surface area contributed by atoms with Gasteiger partial charge >= 0.3 is 0 Å². The van der Waals surface area contributed by atoms with E-state index in [2.05, 4.69) is 17.1 Å². The Kier molecular flexibility index (Phi) is 4.58. The minimum Gasteiger partial charge on any atom is -0.396 e. The van der Waals surface area contributed by atoms with Crippen LogP contribution < -0.4 is 0 Å². The summed E-state index contributed by atoms with van der Waals surface area (Å²) in [7, 11) is 0. The van der Waals surface area contributed by atoms with Gasteiger partial charge in [0, 0.05) is 28.6 Å². The van der Waals surface area contributed by atoms with Gasteiger partial charge in [0.25, 0.3) is 5.91 Å². The number of amides is 1. The van der Waals surface area contributed by atoms with Gasteiger partial charge < -0.3 is 10.0 Å². The van der Waals surface area contributed by atoms with Crippen molar-refractivity contribution in [2.45, 2.75) is 44.7 Å². The molecule has 2 aromatic carbocycles. The van der Waals surface area contributed by atoms with Gasteiger partial charge in [-0.15, -0.1) is 0 Å². The molecule has 2 aliphatic heterocycles. The van der Waals surface area contributed by atoms with Crippen molar-refractivity contribution in [2.75, 3.05) is 6.61 Å². The van der Waals surface area contributed by atoms with Crippen LogP contribution in [0.5, 0.6) is 0 Å². The van der Waals surface area contributed by atoms with Crippen molar-refractivity contribution in [3.05, 3.63) is 77.2 Å². The molecule has 1 N–H and O–H groups in total. The van der Waals surface area contributed by atoms with Gasteiger partial charge in [-0.1, -0.05) is 30.3 Å². The second kappa shape index (κ2) is 7.17. The van der Waals surface area contributed by atoms with E-state index < -0.39 is 0 Å². The van der Waals surface area contributed by atoms with E-state index >= 15 is 0 Å². The van der Waals surface area contributed by atoms with Crippen LogP contribution in [-0.4, -0.2) is 39.6 Å². The highest BCUT2D eigenvalue weighted by Crippen LogP contribution is 2.52. The number of nitrogens with zero attached hydrogens (tertiary/aromatic N) is 2. The van der Waals surface area contributed by atoms with Gasteiger partial charge in [0.1, 0.15) is 5.82 Å². The molecule has 0 aliphatic carbocycles. The normalized spacial score (nSPS) is 25.2. The number of carbonyl (C=O) groups is 1. The first kappa shape index (κ1) is 19.2. The van der Waals surface area contributed by atoms with Gasteiger partial charge in [-0.2, -0.15) is 0 Å². The highest BCUT2D eigenvalue weighted by Gasteiger charge is 2.57. The lowest BCUT2D eigenvalue weighted by molar-refractivity contribution is 0.0572. The molecular weight excluding hydrogens is 379 g/mol. The van der Waals surface area contributed by atoms with Crippen molar-refractivity contribution in [3.8, 4) is 0 Å². The van der Waals surface area contributed by atoms with Crippen LogP contribution in [0.25, 0.3) is 10.9 Å². The summed E-state index contributed by atoms with van der Waals surface area (Å²) >= 11 is 0. The summed E-state index contributed by atoms with van der Waals surface area (Å²) in [5.74, 6) is -0.452. The third-order valence-electron chi connectivity index (χ3n) is 6.93. The fourth-order valence-electron chi connectivity index (χ4n) is 5.66. The van der Waals surface area contributed by atoms with Crippen molar-refractivity contribution in [3.63, 3.8) is 0 Å². The average Bonchev–Trinajstić information content (AvgIpc) is 3.30. The van der Waals surface area contributed by atoms with Gasteiger partial charge in [-0.25, -0.2) is 4.39 Å². The van der Waals surface area contributed by atoms with Crippen molar-refractivity contribution in [2.24, 2.45) is 5.41 Å². The van der Waals surface area contributed by atoms with Crippen molar-refractivity contribution in [1.29, 1.82) is 0 Å². The first-order chi connectivity index (χ1) is 14.5. The number of aromatic nitrogens is 1. The summed E-state index contributed by atoms with van der Waals surface area (Å²) in [6.07, 6.45) is 3.38. The SMILES string of the molecule is Cc1cc(C(=O)N2[C@H]3CC[C@@H]2[C@@](CO)(Cc2ccccc2)C3)c2cc(F)ccc2n1. The molecule has 0 radical (unpaired) electrons. The molecule has 0 saturated carbocycles. The largest absolute Gasteiger partial charge is 0.396 e. The molecule has 2 aliphatic rings. The number of aliphatic hydroxyl groups is 1. The molecule has 5 heteroatoms. The fourth-order valence-corrected chi connectivity index (χ4v) is 5.66.